The molecule has 0 unspecified atom stereocenters. The van der Waals surface area contributed by atoms with E-state index in [4.69, 9.17) is 15.3 Å². The SMILES string of the molecule is Nc1nc(C(=O)O)c(-c2ccccc2Br)o1. The van der Waals surface area contributed by atoms with Crippen LogP contribution in [0.2, 0.25) is 0 Å². The lowest BCUT2D eigenvalue weighted by Crippen LogP contribution is -1.99. The standard InChI is InChI=1S/C10H7BrN2O3/c11-6-4-2-1-3-5(6)8-7(9(14)15)13-10(12)16-8/h1-4H,(H2,12,13)(H,14,15). The summed E-state index contributed by atoms with van der Waals surface area (Å²) in [6, 6.07) is 6.91. The molecular weight excluding hydrogens is 276 g/mol. The zero-order chi connectivity index (χ0) is 11.7. The minimum Gasteiger partial charge on any atom is -0.476 e. The maximum Gasteiger partial charge on any atom is 0.358 e. The van der Waals surface area contributed by atoms with E-state index in [9.17, 15) is 4.79 Å². The Balaban J connectivity index is 2.64. The Morgan fingerprint density at radius 2 is 2.12 bits per heavy atom. The fourth-order valence-corrected chi connectivity index (χ4v) is 1.77. The average molecular weight is 283 g/mol. The van der Waals surface area contributed by atoms with Gasteiger partial charge in [0.05, 0.1) is 0 Å². The monoisotopic (exact) mass is 282 g/mol. The summed E-state index contributed by atoms with van der Waals surface area (Å²) in [5.41, 5.74) is 5.76. The van der Waals surface area contributed by atoms with Crippen LogP contribution in [0.3, 0.4) is 0 Å². The quantitative estimate of drug-likeness (QED) is 0.883. The Bertz CT molecular complexity index is 551. The van der Waals surface area contributed by atoms with E-state index in [1.54, 1.807) is 18.2 Å². The number of hydrogen-bond acceptors (Lipinski definition) is 4. The molecule has 6 heteroatoms. The van der Waals surface area contributed by atoms with Gasteiger partial charge < -0.3 is 15.3 Å². The summed E-state index contributed by atoms with van der Waals surface area (Å²) in [6.07, 6.45) is 0. The fourth-order valence-electron chi connectivity index (χ4n) is 1.31. The normalized spacial score (nSPS) is 10.3. The molecule has 0 bridgehead atoms. The minimum atomic E-state index is -1.17. The van der Waals surface area contributed by atoms with Crippen molar-refractivity contribution in [3.05, 3.63) is 34.4 Å². The van der Waals surface area contributed by atoms with Gasteiger partial charge in [0.25, 0.3) is 6.01 Å². The molecule has 1 aromatic heterocycles. The van der Waals surface area contributed by atoms with Crippen LogP contribution in [-0.4, -0.2) is 16.1 Å². The number of aromatic carboxylic acids is 1. The Kier molecular flexibility index (Phi) is 2.66. The molecule has 82 valence electrons. The molecule has 5 nitrogen and oxygen atoms in total. The van der Waals surface area contributed by atoms with E-state index < -0.39 is 5.97 Å². The van der Waals surface area contributed by atoms with E-state index in [1.165, 1.54) is 0 Å². The third-order valence-corrected chi connectivity index (χ3v) is 2.66. The van der Waals surface area contributed by atoms with Crippen molar-refractivity contribution in [3.8, 4) is 11.3 Å². The van der Waals surface area contributed by atoms with Crippen LogP contribution < -0.4 is 5.73 Å². The highest BCUT2D eigenvalue weighted by molar-refractivity contribution is 9.10. The summed E-state index contributed by atoms with van der Waals surface area (Å²) in [5, 5.41) is 8.94. The van der Waals surface area contributed by atoms with Gasteiger partial charge in [-0.1, -0.05) is 34.1 Å². The molecule has 1 heterocycles. The number of oxazole rings is 1. The van der Waals surface area contributed by atoms with Crippen LogP contribution in [0.1, 0.15) is 10.5 Å². The number of aromatic nitrogens is 1. The second-order valence-corrected chi connectivity index (χ2v) is 3.87. The van der Waals surface area contributed by atoms with Gasteiger partial charge in [0.15, 0.2) is 11.5 Å². The highest BCUT2D eigenvalue weighted by Gasteiger charge is 2.21. The van der Waals surface area contributed by atoms with Crippen molar-refractivity contribution in [2.45, 2.75) is 0 Å². The zero-order valence-corrected chi connectivity index (χ0v) is 9.56. The number of nitrogens with zero attached hydrogens (tertiary/aromatic N) is 1. The molecular formula is C10H7BrN2O3. The van der Waals surface area contributed by atoms with E-state index in [-0.39, 0.29) is 17.5 Å². The van der Waals surface area contributed by atoms with Gasteiger partial charge in [-0.3, -0.25) is 0 Å². The molecule has 2 rings (SSSR count). The van der Waals surface area contributed by atoms with Crippen molar-refractivity contribution in [3.63, 3.8) is 0 Å². The third kappa shape index (κ3) is 1.79. The lowest BCUT2D eigenvalue weighted by molar-refractivity contribution is 0.0691. The molecule has 0 aliphatic carbocycles. The average Bonchev–Trinajstić information content (AvgIpc) is 2.61. The predicted molar refractivity (Wildman–Crippen MR) is 61.0 cm³/mol. The smallest absolute Gasteiger partial charge is 0.358 e. The predicted octanol–water partition coefficient (Wildman–Crippen LogP) is 2.38. The molecule has 0 saturated carbocycles. The van der Waals surface area contributed by atoms with Crippen molar-refractivity contribution in [1.82, 2.24) is 4.98 Å². The lowest BCUT2D eigenvalue weighted by Gasteiger charge is -2.00. The molecule has 0 aliphatic heterocycles. The topological polar surface area (TPSA) is 89.3 Å². The Hall–Kier alpha value is -1.82. The first kappa shape index (κ1) is 10.7. The number of anilines is 1. The number of carboxylic acid groups (broad SMARTS) is 1. The Labute approximate surface area is 99.0 Å². The van der Waals surface area contributed by atoms with E-state index in [1.807, 2.05) is 6.07 Å². The second kappa shape index (κ2) is 3.97. The summed E-state index contributed by atoms with van der Waals surface area (Å²) in [7, 11) is 0. The number of nitrogens with two attached hydrogens (primary N) is 1. The maximum atomic E-state index is 10.9. The number of carbonyl (C=O) groups is 1. The number of benzene rings is 1. The third-order valence-electron chi connectivity index (χ3n) is 1.96. The van der Waals surface area contributed by atoms with Gasteiger partial charge >= 0.3 is 5.97 Å². The van der Waals surface area contributed by atoms with Crippen LogP contribution in [0.25, 0.3) is 11.3 Å². The summed E-state index contributed by atoms with van der Waals surface area (Å²) in [4.78, 5) is 14.5. The van der Waals surface area contributed by atoms with Crippen molar-refractivity contribution in [2.75, 3.05) is 5.73 Å². The van der Waals surface area contributed by atoms with Gasteiger partial charge in [-0.05, 0) is 6.07 Å². The molecule has 0 aliphatic rings. The lowest BCUT2D eigenvalue weighted by atomic mass is 10.1. The van der Waals surface area contributed by atoms with E-state index >= 15 is 0 Å². The second-order valence-electron chi connectivity index (χ2n) is 3.01. The minimum absolute atomic E-state index is 0.150. The van der Waals surface area contributed by atoms with Crippen molar-refractivity contribution < 1.29 is 14.3 Å². The van der Waals surface area contributed by atoms with Gasteiger partial charge in [0.1, 0.15) is 0 Å². The molecule has 1 aromatic carbocycles. The molecule has 2 aromatic rings. The van der Waals surface area contributed by atoms with Crippen LogP contribution in [0.5, 0.6) is 0 Å². The molecule has 0 amide bonds. The maximum absolute atomic E-state index is 10.9. The number of halogens is 1. The van der Waals surface area contributed by atoms with Crippen LogP contribution in [0.15, 0.2) is 33.2 Å². The van der Waals surface area contributed by atoms with Crippen molar-refractivity contribution in [1.29, 1.82) is 0 Å². The summed E-state index contributed by atoms with van der Waals surface area (Å²) >= 11 is 3.30. The van der Waals surface area contributed by atoms with Gasteiger partial charge in [0.2, 0.25) is 0 Å². The fraction of sp³-hybridized carbons (Fsp3) is 0. The van der Waals surface area contributed by atoms with Crippen LogP contribution in [-0.2, 0) is 0 Å². The molecule has 0 saturated heterocycles. The van der Waals surface area contributed by atoms with Crippen LogP contribution >= 0.6 is 15.9 Å². The van der Waals surface area contributed by atoms with E-state index in [0.29, 0.717) is 10.0 Å². The molecule has 0 atom stereocenters. The van der Waals surface area contributed by atoms with Crippen LogP contribution in [0.4, 0.5) is 6.01 Å². The van der Waals surface area contributed by atoms with Gasteiger partial charge in [0, 0.05) is 10.0 Å². The summed E-state index contributed by atoms with van der Waals surface area (Å²) in [5.74, 6) is -1.02. The zero-order valence-electron chi connectivity index (χ0n) is 7.98. The van der Waals surface area contributed by atoms with Gasteiger partial charge in [-0.15, -0.1) is 0 Å². The van der Waals surface area contributed by atoms with Gasteiger partial charge in [-0.25, -0.2) is 4.79 Å². The van der Waals surface area contributed by atoms with Gasteiger partial charge in [-0.2, -0.15) is 4.98 Å². The molecule has 0 fully saturated rings. The summed E-state index contributed by atoms with van der Waals surface area (Å²) < 4.78 is 5.82. The Morgan fingerprint density at radius 1 is 1.44 bits per heavy atom. The Morgan fingerprint density at radius 3 is 2.75 bits per heavy atom. The largest absolute Gasteiger partial charge is 0.476 e. The first-order valence-corrected chi connectivity index (χ1v) is 5.13. The molecule has 3 N–H and O–H groups in total. The first-order valence-electron chi connectivity index (χ1n) is 4.34. The number of carboxylic acids is 1. The van der Waals surface area contributed by atoms with E-state index in [2.05, 4.69) is 20.9 Å². The molecule has 0 radical (unpaired) electrons. The van der Waals surface area contributed by atoms with Crippen molar-refractivity contribution in [2.24, 2.45) is 0 Å². The van der Waals surface area contributed by atoms with Crippen molar-refractivity contribution >= 4 is 27.9 Å². The molecule has 0 spiro atoms. The highest BCUT2D eigenvalue weighted by atomic mass is 79.9. The van der Waals surface area contributed by atoms with E-state index in [0.717, 1.165) is 0 Å². The molecule has 16 heavy (non-hydrogen) atoms. The first-order chi connectivity index (χ1) is 7.59. The number of nitrogen functional groups attached to an aromatic ring is 1. The number of hydrogen-bond donors (Lipinski definition) is 2. The summed E-state index contributed by atoms with van der Waals surface area (Å²) in [6.45, 7) is 0. The highest BCUT2D eigenvalue weighted by Crippen LogP contribution is 2.31. The van der Waals surface area contributed by atoms with Crippen LogP contribution in [0, 0.1) is 0 Å². The number of rotatable bonds is 2.